The van der Waals surface area contributed by atoms with Crippen molar-refractivity contribution in [3.63, 3.8) is 0 Å². The predicted molar refractivity (Wildman–Crippen MR) is 119 cm³/mol. The van der Waals surface area contributed by atoms with Crippen LogP contribution in [0.2, 0.25) is 0 Å². The molecular formula is C18H40Cl2N4O5. The van der Waals surface area contributed by atoms with Crippen LogP contribution in [0.1, 0.15) is 39.5 Å². The fraction of sp³-hybridized carbons (Fsp3) is 0.889. The van der Waals surface area contributed by atoms with E-state index in [1.165, 1.54) is 0 Å². The summed E-state index contributed by atoms with van der Waals surface area (Å²) in [6, 6.07) is 0. The van der Waals surface area contributed by atoms with Crippen LogP contribution in [0, 0.1) is 0 Å². The molecule has 0 bridgehead atoms. The van der Waals surface area contributed by atoms with Crippen LogP contribution in [0.15, 0.2) is 0 Å². The number of unbranched alkanes of at least 4 members (excludes halogenated alkanes) is 2. The SMILES string of the molecule is CCCCNC(=O)OCCN(CCOCCN)CCOC(=O)NCCCC.Cl.Cl. The summed E-state index contributed by atoms with van der Waals surface area (Å²) < 4.78 is 15.7. The Hall–Kier alpha value is -1.00. The Kier molecular flexibility index (Phi) is 28.2. The average Bonchev–Trinajstić information content (AvgIpc) is 2.65. The molecule has 2 amide bonds. The van der Waals surface area contributed by atoms with E-state index < -0.39 is 12.2 Å². The molecule has 0 fully saturated rings. The standard InChI is InChI=1S/C18H38N4O5.2ClH/c1-3-5-8-20-17(23)26-15-11-22(10-14-25-13-7-19)12-16-27-18(24)21-9-6-4-2;;/h3-16,19H2,1-2H3,(H,20,23)(H,21,24);2*1H. The minimum absolute atomic E-state index is 0. The molecule has 0 aromatic heterocycles. The molecule has 0 heterocycles. The maximum absolute atomic E-state index is 11.6. The van der Waals surface area contributed by atoms with E-state index >= 15 is 0 Å². The van der Waals surface area contributed by atoms with Crippen LogP contribution in [0.25, 0.3) is 0 Å². The predicted octanol–water partition coefficient (Wildman–Crippen LogP) is 2.16. The average molecular weight is 463 g/mol. The molecule has 176 valence electrons. The van der Waals surface area contributed by atoms with E-state index in [9.17, 15) is 9.59 Å². The van der Waals surface area contributed by atoms with E-state index in [-0.39, 0.29) is 38.0 Å². The van der Waals surface area contributed by atoms with Gasteiger partial charge in [0.15, 0.2) is 0 Å². The van der Waals surface area contributed by atoms with E-state index in [2.05, 4.69) is 24.5 Å². The van der Waals surface area contributed by atoms with Crippen molar-refractivity contribution in [2.75, 3.05) is 65.7 Å². The lowest BCUT2D eigenvalue weighted by Gasteiger charge is -2.22. The van der Waals surface area contributed by atoms with Crippen LogP contribution < -0.4 is 16.4 Å². The number of carbonyl (C=O) groups excluding carboxylic acids is 2. The zero-order valence-electron chi connectivity index (χ0n) is 17.8. The molecule has 0 saturated heterocycles. The van der Waals surface area contributed by atoms with Crippen molar-refractivity contribution in [2.45, 2.75) is 39.5 Å². The third kappa shape index (κ3) is 23.1. The molecule has 0 aromatic rings. The van der Waals surface area contributed by atoms with Crippen LogP contribution in [-0.4, -0.2) is 82.8 Å². The third-order valence-electron chi connectivity index (χ3n) is 3.69. The van der Waals surface area contributed by atoms with Crippen LogP contribution >= 0.6 is 24.8 Å². The highest BCUT2D eigenvalue weighted by Gasteiger charge is 2.09. The molecule has 0 atom stereocenters. The minimum Gasteiger partial charge on any atom is -0.448 e. The van der Waals surface area contributed by atoms with E-state index in [4.69, 9.17) is 19.9 Å². The molecule has 4 N–H and O–H groups in total. The summed E-state index contributed by atoms with van der Waals surface area (Å²) in [7, 11) is 0. The van der Waals surface area contributed by atoms with Crippen molar-refractivity contribution >= 4 is 37.0 Å². The topological polar surface area (TPSA) is 115 Å². The first-order valence-electron chi connectivity index (χ1n) is 9.95. The summed E-state index contributed by atoms with van der Waals surface area (Å²) in [6.07, 6.45) is 3.07. The lowest BCUT2D eigenvalue weighted by atomic mass is 10.3. The van der Waals surface area contributed by atoms with Gasteiger partial charge < -0.3 is 30.6 Å². The molecule has 0 saturated carbocycles. The molecule has 0 radical (unpaired) electrons. The minimum atomic E-state index is -0.408. The fourth-order valence-electron chi connectivity index (χ4n) is 2.09. The van der Waals surface area contributed by atoms with E-state index in [0.29, 0.717) is 52.5 Å². The van der Waals surface area contributed by atoms with Gasteiger partial charge in [0.1, 0.15) is 13.2 Å². The Morgan fingerprint density at radius 2 is 1.24 bits per heavy atom. The molecule has 29 heavy (non-hydrogen) atoms. The second-order valence-electron chi connectivity index (χ2n) is 6.08. The maximum atomic E-state index is 11.6. The van der Waals surface area contributed by atoms with Gasteiger partial charge in [-0.05, 0) is 12.8 Å². The monoisotopic (exact) mass is 462 g/mol. The molecule has 9 nitrogen and oxygen atoms in total. The van der Waals surface area contributed by atoms with Gasteiger partial charge in [-0.15, -0.1) is 24.8 Å². The van der Waals surface area contributed by atoms with Gasteiger partial charge in [0.25, 0.3) is 0 Å². The van der Waals surface area contributed by atoms with Crippen LogP contribution in [0.5, 0.6) is 0 Å². The number of amides is 2. The van der Waals surface area contributed by atoms with Gasteiger partial charge in [-0.3, -0.25) is 4.90 Å². The fourth-order valence-corrected chi connectivity index (χ4v) is 2.09. The van der Waals surface area contributed by atoms with E-state index in [0.717, 1.165) is 25.7 Å². The summed E-state index contributed by atoms with van der Waals surface area (Å²) in [6.45, 7) is 9.08. The molecule has 0 unspecified atom stereocenters. The lowest BCUT2D eigenvalue weighted by Crippen LogP contribution is -2.37. The van der Waals surface area contributed by atoms with Crippen LogP contribution in [0.3, 0.4) is 0 Å². The largest absolute Gasteiger partial charge is 0.448 e. The van der Waals surface area contributed by atoms with Crippen molar-refractivity contribution in [3.05, 3.63) is 0 Å². The highest BCUT2D eigenvalue weighted by molar-refractivity contribution is 5.85. The van der Waals surface area contributed by atoms with Crippen LogP contribution in [0.4, 0.5) is 9.59 Å². The van der Waals surface area contributed by atoms with Gasteiger partial charge in [-0.25, -0.2) is 9.59 Å². The quantitative estimate of drug-likeness (QED) is 0.283. The normalized spacial score (nSPS) is 9.93. The van der Waals surface area contributed by atoms with Gasteiger partial charge in [0, 0.05) is 39.3 Å². The van der Waals surface area contributed by atoms with E-state index in [1.807, 2.05) is 4.90 Å². The number of rotatable bonds is 17. The highest BCUT2D eigenvalue weighted by Crippen LogP contribution is 1.93. The number of nitrogens with zero attached hydrogens (tertiary/aromatic N) is 1. The Morgan fingerprint density at radius 3 is 1.66 bits per heavy atom. The Bertz CT molecular complexity index is 354. The first-order valence-corrected chi connectivity index (χ1v) is 9.95. The summed E-state index contributed by atoms with van der Waals surface area (Å²) in [5.41, 5.74) is 5.40. The second-order valence-corrected chi connectivity index (χ2v) is 6.08. The number of hydrogen-bond donors (Lipinski definition) is 3. The molecule has 0 aliphatic rings. The number of ether oxygens (including phenoxy) is 3. The Balaban J connectivity index is -0.00000338. The summed E-state index contributed by atoms with van der Waals surface area (Å²) in [5, 5.41) is 5.41. The first kappa shape index (κ1) is 32.7. The number of nitrogens with two attached hydrogens (primary N) is 1. The third-order valence-corrected chi connectivity index (χ3v) is 3.69. The van der Waals surface area contributed by atoms with Crippen molar-refractivity contribution in [1.29, 1.82) is 0 Å². The molecular weight excluding hydrogens is 423 g/mol. The molecule has 11 heteroatoms. The van der Waals surface area contributed by atoms with E-state index in [1.54, 1.807) is 0 Å². The first-order chi connectivity index (χ1) is 13.1. The number of carbonyl (C=O) groups is 2. The number of alkyl carbamates (subject to hydrolysis) is 2. The lowest BCUT2D eigenvalue weighted by molar-refractivity contribution is 0.0772. The van der Waals surface area contributed by atoms with Gasteiger partial charge in [0.2, 0.25) is 0 Å². The van der Waals surface area contributed by atoms with Gasteiger partial charge >= 0.3 is 12.2 Å². The summed E-state index contributed by atoms with van der Waals surface area (Å²) >= 11 is 0. The highest BCUT2D eigenvalue weighted by atomic mass is 35.5. The maximum Gasteiger partial charge on any atom is 0.407 e. The molecule has 0 rings (SSSR count). The van der Waals surface area contributed by atoms with Crippen molar-refractivity contribution < 1.29 is 23.8 Å². The number of halogens is 2. The Labute approximate surface area is 187 Å². The number of hydrogen-bond acceptors (Lipinski definition) is 7. The van der Waals surface area contributed by atoms with Crippen molar-refractivity contribution in [3.8, 4) is 0 Å². The summed E-state index contributed by atoms with van der Waals surface area (Å²) in [4.78, 5) is 25.1. The van der Waals surface area contributed by atoms with Crippen molar-refractivity contribution in [1.82, 2.24) is 15.5 Å². The molecule has 0 aromatic carbocycles. The van der Waals surface area contributed by atoms with Crippen LogP contribution in [-0.2, 0) is 14.2 Å². The van der Waals surface area contributed by atoms with Gasteiger partial charge in [-0.1, -0.05) is 26.7 Å². The van der Waals surface area contributed by atoms with Crippen molar-refractivity contribution in [2.24, 2.45) is 5.73 Å². The smallest absolute Gasteiger partial charge is 0.407 e. The molecule has 0 aliphatic carbocycles. The second kappa shape index (κ2) is 25.0. The molecule has 0 aliphatic heterocycles. The number of nitrogens with one attached hydrogen (secondary N) is 2. The van der Waals surface area contributed by atoms with Gasteiger partial charge in [0.05, 0.1) is 13.2 Å². The van der Waals surface area contributed by atoms with Gasteiger partial charge in [-0.2, -0.15) is 0 Å². The zero-order valence-corrected chi connectivity index (χ0v) is 19.4. The Morgan fingerprint density at radius 1 is 0.793 bits per heavy atom. The zero-order chi connectivity index (χ0) is 20.2. The molecule has 0 spiro atoms. The summed E-state index contributed by atoms with van der Waals surface area (Å²) in [5.74, 6) is 0.